The summed E-state index contributed by atoms with van der Waals surface area (Å²) >= 11 is 1.25. The molecule has 6 heteroatoms. The lowest BCUT2D eigenvalue weighted by molar-refractivity contribution is 0.0690. The van der Waals surface area contributed by atoms with Crippen LogP contribution in [-0.2, 0) is 12.8 Å². The first kappa shape index (κ1) is 13.0. The van der Waals surface area contributed by atoms with Crippen molar-refractivity contribution in [1.82, 2.24) is 5.43 Å². The summed E-state index contributed by atoms with van der Waals surface area (Å²) in [4.78, 5) is 24.2. The number of carboxylic acid groups (broad SMARTS) is 1. The van der Waals surface area contributed by atoms with Gasteiger partial charge in [0.25, 0.3) is 5.91 Å². The largest absolute Gasteiger partial charge is 0.478 e. The zero-order chi connectivity index (χ0) is 13.5. The number of nitrogen functional groups attached to an aromatic ring is 1. The highest BCUT2D eigenvalue weighted by molar-refractivity contribution is 7.14. The van der Waals surface area contributed by atoms with Crippen molar-refractivity contribution >= 4 is 23.2 Å². The number of carboxylic acids is 1. The fourth-order valence-corrected chi connectivity index (χ4v) is 3.58. The van der Waals surface area contributed by atoms with Crippen LogP contribution < -0.4 is 11.3 Å². The molecule has 5 nitrogen and oxygen atoms in total. The minimum absolute atomic E-state index is 0.0781. The van der Waals surface area contributed by atoms with E-state index in [1.54, 1.807) is 0 Å². The van der Waals surface area contributed by atoms with E-state index in [0.29, 0.717) is 6.42 Å². The van der Waals surface area contributed by atoms with Crippen LogP contribution in [0, 0.1) is 5.41 Å². The van der Waals surface area contributed by atoms with Gasteiger partial charge in [-0.3, -0.25) is 10.2 Å². The van der Waals surface area contributed by atoms with Gasteiger partial charge >= 0.3 is 5.97 Å². The van der Waals surface area contributed by atoms with Crippen molar-refractivity contribution in [2.24, 2.45) is 11.3 Å². The molecule has 0 radical (unpaired) electrons. The summed E-state index contributed by atoms with van der Waals surface area (Å²) in [5.74, 6) is 3.52. The number of rotatable bonds is 2. The van der Waals surface area contributed by atoms with Gasteiger partial charge in [0.1, 0.15) is 4.88 Å². The number of thiophene rings is 1. The predicted octanol–water partition coefficient (Wildman–Crippen LogP) is 1.56. The van der Waals surface area contributed by atoms with Crippen molar-refractivity contribution in [3.63, 3.8) is 0 Å². The van der Waals surface area contributed by atoms with E-state index in [1.807, 2.05) is 5.43 Å². The van der Waals surface area contributed by atoms with E-state index in [9.17, 15) is 14.7 Å². The van der Waals surface area contributed by atoms with Crippen molar-refractivity contribution in [1.29, 1.82) is 0 Å². The smallest absolute Gasteiger partial charge is 0.337 e. The van der Waals surface area contributed by atoms with Crippen LogP contribution in [0.3, 0.4) is 0 Å². The highest BCUT2D eigenvalue weighted by Gasteiger charge is 2.34. The number of nitrogens with two attached hydrogens (primary N) is 1. The highest BCUT2D eigenvalue weighted by Crippen LogP contribution is 2.41. The Labute approximate surface area is 109 Å². The molecule has 0 aromatic carbocycles. The molecule has 0 saturated heterocycles. The van der Waals surface area contributed by atoms with E-state index in [-0.39, 0.29) is 15.9 Å². The average molecular weight is 268 g/mol. The van der Waals surface area contributed by atoms with E-state index >= 15 is 0 Å². The molecule has 0 saturated carbocycles. The van der Waals surface area contributed by atoms with Crippen LogP contribution >= 0.6 is 11.3 Å². The molecule has 0 atom stereocenters. The normalized spacial score (nSPS) is 17.1. The first-order valence-corrected chi connectivity index (χ1v) is 6.56. The maximum Gasteiger partial charge on any atom is 0.337 e. The van der Waals surface area contributed by atoms with Crippen LogP contribution in [0.1, 0.15) is 50.7 Å². The van der Waals surface area contributed by atoms with Crippen molar-refractivity contribution in [3.05, 3.63) is 20.9 Å². The molecular formula is C12H16N2O3S. The molecule has 98 valence electrons. The second kappa shape index (κ2) is 4.37. The van der Waals surface area contributed by atoms with E-state index in [1.165, 1.54) is 11.3 Å². The highest BCUT2D eigenvalue weighted by atomic mass is 32.1. The van der Waals surface area contributed by atoms with Crippen LogP contribution in [0.4, 0.5) is 0 Å². The first-order chi connectivity index (χ1) is 8.35. The lowest BCUT2D eigenvalue weighted by atomic mass is 9.76. The third kappa shape index (κ3) is 2.13. The van der Waals surface area contributed by atoms with Crippen LogP contribution in [0.15, 0.2) is 0 Å². The number of aryl methyl sites for hydroxylation is 1. The zero-order valence-electron chi connectivity index (χ0n) is 10.4. The Morgan fingerprint density at radius 3 is 2.67 bits per heavy atom. The molecule has 0 unspecified atom stereocenters. The SMILES string of the molecule is CC1(C)CCc2sc(C(=O)NN)c(C(=O)O)c2C1. The Hall–Kier alpha value is -1.40. The Morgan fingerprint density at radius 2 is 2.11 bits per heavy atom. The molecule has 2 rings (SSSR count). The summed E-state index contributed by atoms with van der Waals surface area (Å²) in [6, 6.07) is 0. The van der Waals surface area contributed by atoms with E-state index in [0.717, 1.165) is 23.3 Å². The molecule has 1 amide bonds. The number of fused-ring (bicyclic) bond motifs is 1. The van der Waals surface area contributed by atoms with Gasteiger partial charge in [0.2, 0.25) is 0 Å². The van der Waals surface area contributed by atoms with Gasteiger partial charge in [0, 0.05) is 4.88 Å². The van der Waals surface area contributed by atoms with Crippen molar-refractivity contribution in [2.75, 3.05) is 0 Å². The van der Waals surface area contributed by atoms with Gasteiger partial charge in [-0.05, 0) is 30.2 Å². The van der Waals surface area contributed by atoms with E-state index < -0.39 is 11.9 Å². The molecule has 0 spiro atoms. The summed E-state index contributed by atoms with van der Waals surface area (Å²) in [5.41, 5.74) is 3.03. The second-order valence-electron chi connectivity index (χ2n) is 5.33. The van der Waals surface area contributed by atoms with Crippen LogP contribution in [0.25, 0.3) is 0 Å². The fraction of sp³-hybridized carbons (Fsp3) is 0.500. The molecular weight excluding hydrogens is 252 g/mol. The van der Waals surface area contributed by atoms with E-state index in [4.69, 9.17) is 5.84 Å². The number of hydrazine groups is 1. The van der Waals surface area contributed by atoms with Crippen molar-refractivity contribution in [3.8, 4) is 0 Å². The number of hydrogen-bond acceptors (Lipinski definition) is 4. The molecule has 4 N–H and O–H groups in total. The summed E-state index contributed by atoms with van der Waals surface area (Å²) < 4.78 is 0. The number of aromatic carboxylic acids is 1. The number of amides is 1. The van der Waals surface area contributed by atoms with Gasteiger partial charge in [-0.25, -0.2) is 10.6 Å². The molecule has 1 aliphatic carbocycles. The quantitative estimate of drug-likeness (QED) is 0.431. The predicted molar refractivity (Wildman–Crippen MR) is 68.7 cm³/mol. The molecule has 1 aliphatic rings. The first-order valence-electron chi connectivity index (χ1n) is 5.74. The van der Waals surface area contributed by atoms with Gasteiger partial charge in [0.05, 0.1) is 5.56 Å². The van der Waals surface area contributed by atoms with Gasteiger partial charge in [0.15, 0.2) is 0 Å². The minimum Gasteiger partial charge on any atom is -0.478 e. The second-order valence-corrected chi connectivity index (χ2v) is 6.43. The number of carbonyl (C=O) groups is 2. The number of nitrogens with one attached hydrogen (secondary N) is 1. The number of hydrogen-bond donors (Lipinski definition) is 3. The third-order valence-corrected chi connectivity index (χ3v) is 4.62. The minimum atomic E-state index is -1.05. The average Bonchev–Trinajstić information content (AvgIpc) is 2.64. The van der Waals surface area contributed by atoms with Gasteiger partial charge < -0.3 is 5.11 Å². The maximum absolute atomic E-state index is 11.6. The monoisotopic (exact) mass is 268 g/mol. The Kier molecular flexibility index (Phi) is 3.16. The van der Waals surface area contributed by atoms with Crippen LogP contribution in [-0.4, -0.2) is 17.0 Å². The molecule has 1 heterocycles. The standard InChI is InChI=1S/C12H16N2O3S/c1-12(2)4-3-7-6(5-12)8(11(16)17)9(18-7)10(15)14-13/h3-5,13H2,1-2H3,(H,14,15)(H,16,17). The zero-order valence-corrected chi connectivity index (χ0v) is 11.2. The topological polar surface area (TPSA) is 92.4 Å². The van der Waals surface area contributed by atoms with Gasteiger partial charge in [-0.1, -0.05) is 13.8 Å². The number of carbonyl (C=O) groups excluding carboxylic acids is 1. The van der Waals surface area contributed by atoms with Gasteiger partial charge in [-0.2, -0.15) is 0 Å². The summed E-state index contributed by atoms with van der Waals surface area (Å²) in [6.07, 6.45) is 2.52. The molecule has 0 fully saturated rings. The maximum atomic E-state index is 11.6. The molecule has 18 heavy (non-hydrogen) atoms. The molecule has 1 aromatic rings. The van der Waals surface area contributed by atoms with Crippen molar-refractivity contribution < 1.29 is 14.7 Å². The van der Waals surface area contributed by atoms with Gasteiger partial charge in [-0.15, -0.1) is 11.3 Å². The molecule has 0 bridgehead atoms. The molecule has 1 aromatic heterocycles. The summed E-state index contributed by atoms with van der Waals surface area (Å²) in [7, 11) is 0. The summed E-state index contributed by atoms with van der Waals surface area (Å²) in [5, 5.41) is 9.31. The Balaban J connectivity index is 2.56. The van der Waals surface area contributed by atoms with Crippen molar-refractivity contribution in [2.45, 2.75) is 33.1 Å². The Morgan fingerprint density at radius 1 is 1.44 bits per heavy atom. The molecule has 0 aliphatic heterocycles. The lowest BCUT2D eigenvalue weighted by Crippen LogP contribution is -2.30. The summed E-state index contributed by atoms with van der Waals surface area (Å²) in [6.45, 7) is 4.23. The van der Waals surface area contributed by atoms with Crippen LogP contribution in [0.2, 0.25) is 0 Å². The third-order valence-electron chi connectivity index (χ3n) is 3.33. The fourth-order valence-electron chi connectivity index (χ4n) is 2.37. The van der Waals surface area contributed by atoms with E-state index in [2.05, 4.69) is 13.8 Å². The van der Waals surface area contributed by atoms with Crippen LogP contribution in [0.5, 0.6) is 0 Å². The Bertz CT molecular complexity index is 520. The lowest BCUT2D eigenvalue weighted by Gasteiger charge is -2.29.